The topological polar surface area (TPSA) is 52.6 Å². The van der Waals surface area contributed by atoms with E-state index in [1.807, 2.05) is 13.8 Å². The fourth-order valence-corrected chi connectivity index (χ4v) is 3.18. The molecule has 0 bridgehead atoms. The molecule has 0 N–H and O–H groups in total. The molecule has 0 aliphatic heterocycles. The summed E-state index contributed by atoms with van der Waals surface area (Å²) >= 11 is 0. The standard InChI is InChI=1S/C22H42O4.Al.3H/c1-7-8-9-10-11-12-13-14-15-16-17-22(20(6)23,26-19(4)5)21(24)25-18(2)3;;;;/h18-19H,7-17H2,1-6H3;;;;. The summed E-state index contributed by atoms with van der Waals surface area (Å²) in [6, 6.07) is 0. The molecule has 0 aromatic carbocycles. The van der Waals surface area contributed by atoms with Crippen LogP contribution in [0, 0.1) is 0 Å². The van der Waals surface area contributed by atoms with Gasteiger partial charge in [0, 0.05) is 0 Å². The normalized spacial score (nSPS) is 13.3. The van der Waals surface area contributed by atoms with Crippen LogP contribution in [0.5, 0.6) is 0 Å². The fraction of sp³-hybridized carbons (Fsp3) is 0.909. The van der Waals surface area contributed by atoms with Gasteiger partial charge in [0.25, 0.3) is 0 Å². The van der Waals surface area contributed by atoms with Gasteiger partial charge in [-0.15, -0.1) is 0 Å². The monoisotopic (exact) mass is 400 g/mol. The number of Topliss-reactive ketones (excluding diaryl/α,β-unsaturated/α-hetero) is 1. The summed E-state index contributed by atoms with van der Waals surface area (Å²) in [6.07, 6.45) is 12.0. The molecule has 1 unspecified atom stereocenters. The van der Waals surface area contributed by atoms with Crippen molar-refractivity contribution in [2.45, 2.75) is 130 Å². The van der Waals surface area contributed by atoms with Gasteiger partial charge in [0.15, 0.2) is 23.1 Å². The third-order valence-corrected chi connectivity index (χ3v) is 4.56. The molecule has 0 aliphatic rings. The van der Waals surface area contributed by atoms with E-state index in [-0.39, 0.29) is 35.4 Å². The second kappa shape index (κ2) is 16.6. The summed E-state index contributed by atoms with van der Waals surface area (Å²) in [5.74, 6) is -0.794. The summed E-state index contributed by atoms with van der Waals surface area (Å²) in [5.41, 5.74) is -1.45. The second-order valence-electron chi connectivity index (χ2n) is 7.94. The first-order chi connectivity index (χ1) is 12.3. The van der Waals surface area contributed by atoms with E-state index in [1.54, 1.807) is 13.8 Å². The molecule has 5 heteroatoms. The van der Waals surface area contributed by atoms with E-state index in [9.17, 15) is 9.59 Å². The average molecular weight is 401 g/mol. The highest BCUT2D eigenvalue weighted by molar-refractivity contribution is 6.06. The van der Waals surface area contributed by atoms with Crippen molar-refractivity contribution in [1.29, 1.82) is 0 Å². The lowest BCUT2D eigenvalue weighted by atomic mass is 9.91. The van der Waals surface area contributed by atoms with Crippen LogP contribution in [0.3, 0.4) is 0 Å². The minimum Gasteiger partial charge on any atom is -0.460 e. The maximum Gasteiger partial charge on any atom is 0.346 e. The molecule has 0 fully saturated rings. The van der Waals surface area contributed by atoms with Crippen LogP contribution in [0.2, 0.25) is 0 Å². The first kappa shape index (κ1) is 28.8. The van der Waals surface area contributed by atoms with Gasteiger partial charge in [0.05, 0.1) is 12.2 Å². The van der Waals surface area contributed by atoms with E-state index in [1.165, 1.54) is 51.9 Å². The summed E-state index contributed by atoms with van der Waals surface area (Å²) < 4.78 is 11.2. The van der Waals surface area contributed by atoms with Gasteiger partial charge in [-0.1, -0.05) is 64.7 Å². The molecule has 0 aromatic rings. The molecule has 160 valence electrons. The molecule has 0 radical (unpaired) electrons. The van der Waals surface area contributed by atoms with Gasteiger partial charge in [-0.25, -0.2) is 4.79 Å². The number of hydrogen-bond acceptors (Lipinski definition) is 4. The van der Waals surface area contributed by atoms with Gasteiger partial charge < -0.3 is 9.47 Å². The quantitative estimate of drug-likeness (QED) is 0.161. The van der Waals surface area contributed by atoms with Crippen molar-refractivity contribution in [3.8, 4) is 0 Å². The van der Waals surface area contributed by atoms with Crippen LogP contribution in [0.15, 0.2) is 0 Å². The molecule has 0 spiro atoms. The van der Waals surface area contributed by atoms with Crippen molar-refractivity contribution in [3.05, 3.63) is 0 Å². The van der Waals surface area contributed by atoms with Crippen molar-refractivity contribution in [2.24, 2.45) is 0 Å². The number of carbonyl (C=O) groups is 2. The molecule has 0 heterocycles. The lowest BCUT2D eigenvalue weighted by molar-refractivity contribution is -0.186. The van der Waals surface area contributed by atoms with Crippen LogP contribution in [0.1, 0.15) is 112 Å². The lowest BCUT2D eigenvalue weighted by Gasteiger charge is -2.32. The summed E-state index contributed by atoms with van der Waals surface area (Å²) in [6.45, 7) is 10.9. The number of ether oxygens (including phenoxy) is 2. The van der Waals surface area contributed by atoms with Crippen LogP contribution in [-0.2, 0) is 19.1 Å². The first-order valence-electron chi connectivity index (χ1n) is 10.7. The molecule has 0 aromatic heterocycles. The number of rotatable bonds is 16. The summed E-state index contributed by atoms with van der Waals surface area (Å²) in [4.78, 5) is 24.9. The highest BCUT2D eigenvalue weighted by Gasteiger charge is 2.46. The van der Waals surface area contributed by atoms with Gasteiger partial charge in [0.1, 0.15) is 0 Å². The molecule has 0 saturated heterocycles. The molecule has 0 amide bonds. The molecular formula is C22H45AlO4. The molecule has 0 aliphatic carbocycles. The van der Waals surface area contributed by atoms with E-state index in [4.69, 9.17) is 9.47 Å². The first-order valence-corrected chi connectivity index (χ1v) is 10.7. The molecule has 27 heavy (non-hydrogen) atoms. The Morgan fingerprint density at radius 3 is 1.59 bits per heavy atom. The zero-order chi connectivity index (χ0) is 20.0. The lowest BCUT2D eigenvalue weighted by Crippen LogP contribution is -2.51. The Morgan fingerprint density at radius 2 is 1.22 bits per heavy atom. The molecule has 4 nitrogen and oxygen atoms in total. The second-order valence-corrected chi connectivity index (χ2v) is 7.94. The number of carbonyl (C=O) groups excluding carboxylic acids is 2. The zero-order valence-corrected chi connectivity index (χ0v) is 18.1. The minimum absolute atomic E-state index is 0. The maximum atomic E-state index is 12.6. The van der Waals surface area contributed by atoms with Crippen LogP contribution < -0.4 is 0 Å². The maximum absolute atomic E-state index is 12.6. The summed E-state index contributed by atoms with van der Waals surface area (Å²) in [7, 11) is 0. The van der Waals surface area contributed by atoms with Crippen molar-refractivity contribution < 1.29 is 19.1 Å². The molecule has 1 atom stereocenters. The SMILES string of the molecule is CCCCCCCCCCCCC(OC(C)C)(C(C)=O)C(=O)OC(C)C.[AlH3]. The molecular weight excluding hydrogens is 355 g/mol. The molecule has 0 rings (SSSR count). The number of ketones is 1. The van der Waals surface area contributed by atoms with Crippen molar-refractivity contribution in [1.82, 2.24) is 0 Å². The van der Waals surface area contributed by atoms with E-state index >= 15 is 0 Å². The Labute approximate surface area is 178 Å². The predicted molar refractivity (Wildman–Crippen MR) is 117 cm³/mol. The van der Waals surface area contributed by atoms with Crippen LogP contribution in [0.25, 0.3) is 0 Å². The number of hydrogen-bond donors (Lipinski definition) is 0. The van der Waals surface area contributed by atoms with Gasteiger partial charge in [-0.05, 0) is 47.5 Å². The van der Waals surface area contributed by atoms with Gasteiger partial charge in [-0.2, -0.15) is 0 Å². The highest BCUT2D eigenvalue weighted by Crippen LogP contribution is 2.26. The van der Waals surface area contributed by atoms with Crippen LogP contribution in [0.4, 0.5) is 0 Å². The van der Waals surface area contributed by atoms with Gasteiger partial charge >= 0.3 is 5.97 Å². The fourth-order valence-electron chi connectivity index (χ4n) is 3.18. The predicted octanol–water partition coefficient (Wildman–Crippen LogP) is 4.82. The number of unbranched alkanes of at least 4 members (excludes halogenated alkanes) is 9. The average Bonchev–Trinajstić information content (AvgIpc) is 2.54. The third-order valence-electron chi connectivity index (χ3n) is 4.56. The van der Waals surface area contributed by atoms with E-state index < -0.39 is 11.6 Å². The van der Waals surface area contributed by atoms with E-state index in [2.05, 4.69) is 6.92 Å². The Bertz CT molecular complexity index is 396. The molecule has 0 saturated carbocycles. The highest BCUT2D eigenvalue weighted by atomic mass is 27.0. The number of esters is 1. The zero-order valence-electron chi connectivity index (χ0n) is 18.1. The van der Waals surface area contributed by atoms with Gasteiger partial charge in [0.2, 0.25) is 5.60 Å². The van der Waals surface area contributed by atoms with Crippen LogP contribution >= 0.6 is 0 Å². The van der Waals surface area contributed by atoms with Crippen molar-refractivity contribution >= 4 is 29.1 Å². The van der Waals surface area contributed by atoms with Crippen molar-refractivity contribution in [2.75, 3.05) is 0 Å². The van der Waals surface area contributed by atoms with Gasteiger partial charge in [-0.3, -0.25) is 4.79 Å². The Balaban J connectivity index is 0. The Hall–Kier alpha value is -0.368. The largest absolute Gasteiger partial charge is 0.460 e. The van der Waals surface area contributed by atoms with Crippen LogP contribution in [-0.4, -0.2) is 46.9 Å². The van der Waals surface area contributed by atoms with E-state index in [0.29, 0.717) is 6.42 Å². The Morgan fingerprint density at radius 1 is 0.778 bits per heavy atom. The third kappa shape index (κ3) is 12.7. The van der Waals surface area contributed by atoms with Crippen molar-refractivity contribution in [3.63, 3.8) is 0 Å². The smallest absolute Gasteiger partial charge is 0.346 e. The summed E-state index contributed by atoms with van der Waals surface area (Å²) in [5, 5.41) is 0. The minimum atomic E-state index is -1.45. The van der Waals surface area contributed by atoms with E-state index in [0.717, 1.165) is 19.3 Å². The Kier molecular flexibility index (Phi) is 17.7.